The fourth-order valence-corrected chi connectivity index (χ4v) is 3.69. The van der Waals surface area contributed by atoms with Gasteiger partial charge in [-0.2, -0.15) is 0 Å². The van der Waals surface area contributed by atoms with Crippen molar-refractivity contribution >= 4 is 40.9 Å². The summed E-state index contributed by atoms with van der Waals surface area (Å²) in [6.45, 7) is 4.19. The zero-order valence-corrected chi connectivity index (χ0v) is 17.9. The number of benzene rings is 2. The molecule has 1 saturated heterocycles. The second-order valence-electron chi connectivity index (χ2n) is 7.52. The van der Waals surface area contributed by atoms with Crippen LogP contribution in [0.15, 0.2) is 72.4 Å². The largest absolute Gasteiger partial charge is 0.508 e. The fourth-order valence-electron chi connectivity index (χ4n) is 3.41. The molecule has 1 aromatic heterocycles. The monoisotopic (exact) mass is 431 g/mol. The van der Waals surface area contributed by atoms with E-state index >= 15 is 0 Å². The predicted octanol–water partition coefficient (Wildman–Crippen LogP) is 4.14. The van der Waals surface area contributed by atoms with Crippen molar-refractivity contribution in [1.82, 2.24) is 9.88 Å². The number of nitrogens with one attached hydrogen (secondary N) is 1. The van der Waals surface area contributed by atoms with Crippen LogP contribution >= 0.6 is 12.2 Å². The van der Waals surface area contributed by atoms with Crippen LogP contribution in [0.1, 0.15) is 31.0 Å². The highest BCUT2D eigenvalue weighted by Crippen LogP contribution is 2.25. The fraction of sp³-hybridized carbons (Fsp3) is 0.125. The van der Waals surface area contributed by atoms with Crippen LogP contribution in [0.4, 0.5) is 5.69 Å². The van der Waals surface area contributed by atoms with E-state index in [2.05, 4.69) is 19.2 Å². The van der Waals surface area contributed by atoms with Gasteiger partial charge in [0.05, 0.1) is 5.69 Å². The molecule has 1 aliphatic rings. The van der Waals surface area contributed by atoms with E-state index in [1.165, 1.54) is 4.90 Å². The molecule has 4 rings (SSSR count). The second kappa shape index (κ2) is 8.20. The summed E-state index contributed by atoms with van der Waals surface area (Å²) in [5, 5.41) is 12.2. The van der Waals surface area contributed by atoms with Gasteiger partial charge < -0.3 is 9.67 Å². The van der Waals surface area contributed by atoms with Crippen molar-refractivity contribution in [3.63, 3.8) is 0 Å². The topological polar surface area (TPSA) is 74.6 Å². The summed E-state index contributed by atoms with van der Waals surface area (Å²) in [6.07, 6.45) is 3.36. The summed E-state index contributed by atoms with van der Waals surface area (Å²) in [7, 11) is 0. The highest BCUT2D eigenvalue weighted by Gasteiger charge is 2.34. The Morgan fingerprint density at radius 3 is 2.26 bits per heavy atom. The van der Waals surface area contributed by atoms with Crippen LogP contribution in [-0.4, -0.2) is 26.6 Å². The van der Waals surface area contributed by atoms with Crippen LogP contribution in [0.2, 0.25) is 0 Å². The van der Waals surface area contributed by atoms with Gasteiger partial charge in [-0.25, -0.2) is 0 Å². The van der Waals surface area contributed by atoms with Crippen LogP contribution < -0.4 is 10.2 Å². The number of thiocarbonyl (C=S) groups is 1. The van der Waals surface area contributed by atoms with E-state index in [4.69, 9.17) is 12.2 Å². The van der Waals surface area contributed by atoms with Gasteiger partial charge in [-0.3, -0.25) is 19.8 Å². The van der Waals surface area contributed by atoms with Gasteiger partial charge in [-0.05, 0) is 78.3 Å². The van der Waals surface area contributed by atoms with E-state index in [0.717, 1.165) is 11.3 Å². The Balaban J connectivity index is 1.70. The first kappa shape index (κ1) is 20.6. The number of phenolic OH excluding ortho intramolecular Hbond substituents is 1. The molecule has 2 amide bonds. The third-order valence-corrected chi connectivity index (χ3v) is 5.40. The Bertz CT molecular complexity index is 1190. The van der Waals surface area contributed by atoms with Crippen molar-refractivity contribution in [3.05, 3.63) is 83.7 Å². The number of carbonyl (C=O) groups is 2. The summed E-state index contributed by atoms with van der Waals surface area (Å²) < 4.78 is 1.82. The third-order valence-electron chi connectivity index (χ3n) is 5.12. The van der Waals surface area contributed by atoms with Crippen molar-refractivity contribution in [3.8, 4) is 11.4 Å². The molecule has 0 aliphatic carbocycles. The van der Waals surface area contributed by atoms with Crippen molar-refractivity contribution in [2.75, 3.05) is 4.90 Å². The minimum absolute atomic E-state index is 0.0136. The Kier molecular flexibility index (Phi) is 5.44. The van der Waals surface area contributed by atoms with Crippen molar-refractivity contribution in [2.45, 2.75) is 19.8 Å². The maximum atomic E-state index is 13.3. The number of rotatable bonds is 4. The first-order valence-electron chi connectivity index (χ1n) is 9.83. The van der Waals surface area contributed by atoms with E-state index in [-0.39, 0.29) is 16.4 Å². The minimum Gasteiger partial charge on any atom is -0.508 e. The van der Waals surface area contributed by atoms with Crippen LogP contribution in [0.5, 0.6) is 5.75 Å². The van der Waals surface area contributed by atoms with Gasteiger partial charge in [0.1, 0.15) is 11.3 Å². The molecule has 1 fully saturated rings. The maximum Gasteiger partial charge on any atom is 0.270 e. The van der Waals surface area contributed by atoms with Gasteiger partial charge in [0.15, 0.2) is 5.11 Å². The average molecular weight is 432 g/mol. The average Bonchev–Trinajstić information content (AvgIpc) is 3.20. The quantitative estimate of drug-likeness (QED) is 0.370. The molecule has 0 saturated carbocycles. The van der Waals surface area contributed by atoms with Crippen LogP contribution in [0.3, 0.4) is 0 Å². The first-order valence-corrected chi connectivity index (χ1v) is 10.2. The highest BCUT2D eigenvalue weighted by molar-refractivity contribution is 7.80. The smallest absolute Gasteiger partial charge is 0.270 e. The van der Waals surface area contributed by atoms with Gasteiger partial charge in [0.2, 0.25) is 0 Å². The maximum absolute atomic E-state index is 13.3. The molecular weight excluding hydrogens is 410 g/mol. The number of anilines is 1. The number of aromatic nitrogens is 1. The molecule has 2 aromatic carbocycles. The standard InChI is InChI=1S/C24H21N3O3S/c1-15(2)16-5-7-18(8-6-16)27-23(30)21(22(29)25-24(27)31)14-19-4-3-13-26(19)17-9-11-20(28)12-10-17/h3-15,28H,1-2H3,(H,25,29,31)/b21-14+. The zero-order chi connectivity index (χ0) is 22.1. The number of hydrogen-bond donors (Lipinski definition) is 2. The number of carbonyl (C=O) groups excluding carboxylic acids is 2. The highest BCUT2D eigenvalue weighted by atomic mass is 32.1. The Morgan fingerprint density at radius 2 is 1.61 bits per heavy atom. The Labute approximate surface area is 185 Å². The van der Waals surface area contributed by atoms with E-state index in [0.29, 0.717) is 17.3 Å². The molecule has 1 aliphatic heterocycles. The minimum atomic E-state index is -0.538. The summed E-state index contributed by atoms with van der Waals surface area (Å²) in [6, 6.07) is 17.8. The normalized spacial score (nSPS) is 15.6. The lowest BCUT2D eigenvalue weighted by Gasteiger charge is -2.29. The molecule has 6 nitrogen and oxygen atoms in total. The summed E-state index contributed by atoms with van der Waals surface area (Å²) in [5.74, 6) is -0.501. The van der Waals surface area contributed by atoms with Gasteiger partial charge in [-0.15, -0.1) is 0 Å². The van der Waals surface area contributed by atoms with E-state index in [9.17, 15) is 14.7 Å². The molecule has 2 N–H and O–H groups in total. The number of aromatic hydroxyl groups is 1. The van der Waals surface area contributed by atoms with Gasteiger partial charge in [0.25, 0.3) is 11.8 Å². The predicted molar refractivity (Wildman–Crippen MR) is 124 cm³/mol. The Morgan fingerprint density at radius 1 is 0.968 bits per heavy atom. The summed E-state index contributed by atoms with van der Waals surface area (Å²) in [4.78, 5) is 27.2. The molecule has 0 unspecified atom stereocenters. The van der Waals surface area contributed by atoms with Crippen LogP contribution in [-0.2, 0) is 9.59 Å². The summed E-state index contributed by atoms with van der Waals surface area (Å²) >= 11 is 5.28. The second-order valence-corrected chi connectivity index (χ2v) is 7.91. The molecule has 0 atom stereocenters. The van der Waals surface area contributed by atoms with Crippen molar-refractivity contribution in [2.24, 2.45) is 0 Å². The third kappa shape index (κ3) is 4.00. The molecule has 31 heavy (non-hydrogen) atoms. The van der Waals surface area contributed by atoms with E-state index < -0.39 is 11.8 Å². The van der Waals surface area contributed by atoms with Crippen molar-refractivity contribution in [1.29, 1.82) is 0 Å². The molecule has 0 bridgehead atoms. The molecular formula is C24H21N3O3S. The van der Waals surface area contributed by atoms with Gasteiger partial charge in [-0.1, -0.05) is 26.0 Å². The SMILES string of the molecule is CC(C)c1ccc(N2C(=O)/C(=C/c3cccn3-c3ccc(O)cc3)C(=O)NC2=S)cc1. The van der Waals surface area contributed by atoms with Crippen LogP contribution in [0.25, 0.3) is 11.8 Å². The molecule has 7 heteroatoms. The first-order chi connectivity index (χ1) is 14.8. The lowest BCUT2D eigenvalue weighted by Crippen LogP contribution is -2.54. The van der Waals surface area contributed by atoms with E-state index in [1.54, 1.807) is 36.4 Å². The molecule has 0 spiro atoms. The summed E-state index contributed by atoms with van der Waals surface area (Å²) in [5.41, 5.74) is 3.16. The number of amides is 2. The number of hydrogen-bond acceptors (Lipinski definition) is 4. The Hall–Kier alpha value is -3.71. The lowest BCUT2D eigenvalue weighted by atomic mass is 10.0. The number of phenols is 1. The van der Waals surface area contributed by atoms with Crippen molar-refractivity contribution < 1.29 is 14.7 Å². The van der Waals surface area contributed by atoms with Gasteiger partial charge >= 0.3 is 0 Å². The van der Waals surface area contributed by atoms with Crippen LogP contribution in [0, 0.1) is 0 Å². The van der Waals surface area contributed by atoms with E-state index in [1.807, 2.05) is 41.1 Å². The molecule has 0 radical (unpaired) electrons. The number of nitrogens with zero attached hydrogens (tertiary/aromatic N) is 2. The molecule has 3 aromatic rings. The zero-order valence-electron chi connectivity index (χ0n) is 17.1. The lowest BCUT2D eigenvalue weighted by molar-refractivity contribution is -0.122. The molecule has 156 valence electrons. The molecule has 2 heterocycles. The van der Waals surface area contributed by atoms with Gasteiger partial charge in [0, 0.05) is 17.6 Å².